The molecular formula is C11H13N3O5S2. The largest absolute Gasteiger partial charge is 0.323 e. The summed E-state index contributed by atoms with van der Waals surface area (Å²) in [5.41, 5.74) is 0.495. The molecule has 10 heteroatoms. The number of imidazole rings is 1. The predicted molar refractivity (Wildman–Crippen MR) is 76.3 cm³/mol. The van der Waals surface area contributed by atoms with Crippen molar-refractivity contribution in [3.63, 3.8) is 0 Å². The quantitative estimate of drug-likeness (QED) is 0.752. The van der Waals surface area contributed by atoms with Crippen LogP contribution in [0.5, 0.6) is 0 Å². The fourth-order valence-corrected chi connectivity index (χ4v) is 5.16. The number of nitrogens with zero attached hydrogens (tertiary/aromatic N) is 1. The highest BCUT2D eigenvalue weighted by atomic mass is 32.2. The molecule has 0 unspecified atom stereocenters. The summed E-state index contributed by atoms with van der Waals surface area (Å²) in [5.74, 6) is -0.342. The first kappa shape index (κ1) is 14.3. The van der Waals surface area contributed by atoms with Gasteiger partial charge in [0.1, 0.15) is 0 Å². The van der Waals surface area contributed by atoms with Crippen LogP contribution < -0.4 is 5.69 Å². The third-order valence-corrected chi connectivity index (χ3v) is 6.93. The summed E-state index contributed by atoms with van der Waals surface area (Å²) in [6.07, 6.45) is 0. The Hall–Kier alpha value is -1.65. The highest BCUT2D eigenvalue weighted by molar-refractivity contribution is 7.92. The molecule has 1 aliphatic rings. The van der Waals surface area contributed by atoms with E-state index in [1.165, 1.54) is 18.2 Å². The first-order valence-corrected chi connectivity index (χ1v) is 9.47. The van der Waals surface area contributed by atoms with E-state index >= 15 is 0 Å². The molecule has 0 atom stereocenters. The summed E-state index contributed by atoms with van der Waals surface area (Å²) in [6.45, 7) is -0.0985. The molecule has 8 nitrogen and oxygen atoms in total. The van der Waals surface area contributed by atoms with Gasteiger partial charge in [0, 0.05) is 13.1 Å². The predicted octanol–water partition coefficient (Wildman–Crippen LogP) is -0.725. The zero-order valence-electron chi connectivity index (χ0n) is 10.9. The van der Waals surface area contributed by atoms with Crippen LogP contribution in [-0.2, 0) is 19.9 Å². The lowest BCUT2D eigenvalue weighted by molar-refractivity contribution is 0.431. The summed E-state index contributed by atoms with van der Waals surface area (Å²) in [7, 11) is -6.91. The number of H-pyrrole nitrogens is 2. The average Bonchev–Trinajstić information content (AvgIpc) is 2.77. The topological polar surface area (TPSA) is 120 Å². The zero-order valence-corrected chi connectivity index (χ0v) is 12.5. The Labute approximate surface area is 120 Å². The molecule has 1 fully saturated rings. The van der Waals surface area contributed by atoms with Crippen LogP contribution in [0.1, 0.15) is 0 Å². The van der Waals surface area contributed by atoms with Crippen molar-refractivity contribution in [2.45, 2.75) is 4.90 Å². The van der Waals surface area contributed by atoms with Crippen LogP contribution in [-0.4, -0.2) is 55.7 Å². The molecule has 2 aromatic rings. The summed E-state index contributed by atoms with van der Waals surface area (Å²) in [6, 6.07) is 4.26. The average molecular weight is 331 g/mol. The Balaban J connectivity index is 1.98. The van der Waals surface area contributed by atoms with E-state index in [9.17, 15) is 21.6 Å². The molecule has 1 aromatic heterocycles. The molecule has 0 saturated carbocycles. The number of aromatic amines is 2. The second-order valence-electron chi connectivity index (χ2n) is 4.84. The van der Waals surface area contributed by atoms with Crippen LogP contribution in [0, 0.1) is 0 Å². The van der Waals surface area contributed by atoms with Gasteiger partial charge in [-0.3, -0.25) is 0 Å². The van der Waals surface area contributed by atoms with Crippen molar-refractivity contribution >= 4 is 30.9 Å². The molecule has 0 bridgehead atoms. The number of hydrogen-bond acceptors (Lipinski definition) is 5. The molecule has 0 amide bonds. The molecule has 3 rings (SSSR count). The van der Waals surface area contributed by atoms with Gasteiger partial charge < -0.3 is 9.97 Å². The summed E-state index contributed by atoms with van der Waals surface area (Å²) in [5, 5.41) is 0. The Morgan fingerprint density at radius 3 is 2.33 bits per heavy atom. The van der Waals surface area contributed by atoms with Gasteiger partial charge in [-0.15, -0.1) is 0 Å². The summed E-state index contributed by atoms with van der Waals surface area (Å²) in [4.78, 5) is 16.2. The van der Waals surface area contributed by atoms with Crippen LogP contribution in [0.4, 0.5) is 0 Å². The van der Waals surface area contributed by atoms with E-state index in [1.54, 1.807) is 0 Å². The van der Waals surface area contributed by atoms with Gasteiger partial charge in [-0.25, -0.2) is 21.6 Å². The molecule has 114 valence electrons. The van der Waals surface area contributed by atoms with Gasteiger partial charge in [0.05, 0.1) is 27.4 Å². The first-order chi connectivity index (χ1) is 9.78. The number of sulfone groups is 1. The highest BCUT2D eigenvalue weighted by Gasteiger charge is 2.31. The van der Waals surface area contributed by atoms with E-state index in [0.29, 0.717) is 11.0 Å². The van der Waals surface area contributed by atoms with Gasteiger partial charge in [-0.2, -0.15) is 4.31 Å². The smallest absolute Gasteiger partial charge is 0.306 e. The van der Waals surface area contributed by atoms with Crippen LogP contribution >= 0.6 is 0 Å². The second-order valence-corrected chi connectivity index (χ2v) is 9.08. The van der Waals surface area contributed by atoms with Crippen LogP contribution in [0.2, 0.25) is 0 Å². The molecule has 0 aliphatic carbocycles. The fraction of sp³-hybridized carbons (Fsp3) is 0.364. The van der Waals surface area contributed by atoms with E-state index in [1.807, 2.05) is 0 Å². The third-order valence-electron chi connectivity index (χ3n) is 3.43. The standard InChI is InChI=1S/C11H13N3O5S2/c15-11-12-9-2-1-8(7-10(9)13-11)21(18,19)14-3-5-20(16,17)6-4-14/h1-2,7H,3-6H2,(H2,12,13,15). The van der Waals surface area contributed by atoms with E-state index in [2.05, 4.69) is 9.97 Å². The molecule has 21 heavy (non-hydrogen) atoms. The molecule has 2 N–H and O–H groups in total. The second kappa shape index (κ2) is 4.68. The Kier molecular flexibility index (Phi) is 3.19. The number of aromatic nitrogens is 2. The zero-order chi connectivity index (χ0) is 15.3. The van der Waals surface area contributed by atoms with E-state index in [0.717, 1.165) is 4.31 Å². The molecule has 1 aliphatic heterocycles. The van der Waals surface area contributed by atoms with Gasteiger partial charge in [0.25, 0.3) is 0 Å². The van der Waals surface area contributed by atoms with E-state index in [-0.39, 0.29) is 29.5 Å². The summed E-state index contributed by atoms with van der Waals surface area (Å²) >= 11 is 0. The van der Waals surface area contributed by atoms with Crippen LogP contribution in [0.25, 0.3) is 11.0 Å². The molecule has 1 saturated heterocycles. The van der Waals surface area contributed by atoms with Crippen LogP contribution in [0.15, 0.2) is 27.9 Å². The third kappa shape index (κ3) is 2.61. The maximum absolute atomic E-state index is 12.5. The van der Waals surface area contributed by atoms with Gasteiger partial charge in [-0.1, -0.05) is 0 Å². The number of rotatable bonds is 2. The lowest BCUT2D eigenvalue weighted by Crippen LogP contribution is -2.43. The van der Waals surface area contributed by atoms with Crippen molar-refractivity contribution in [2.75, 3.05) is 24.6 Å². The summed E-state index contributed by atoms with van der Waals surface area (Å²) < 4.78 is 48.9. The Bertz CT molecular complexity index is 941. The highest BCUT2D eigenvalue weighted by Crippen LogP contribution is 2.21. The Morgan fingerprint density at radius 2 is 1.67 bits per heavy atom. The van der Waals surface area contributed by atoms with Gasteiger partial charge in [0.15, 0.2) is 9.84 Å². The fourth-order valence-electron chi connectivity index (χ4n) is 2.26. The SMILES string of the molecule is O=c1[nH]c2ccc(S(=O)(=O)N3CCS(=O)(=O)CC3)cc2[nH]1. The van der Waals surface area contributed by atoms with Crippen molar-refractivity contribution < 1.29 is 16.8 Å². The van der Waals surface area contributed by atoms with Crippen molar-refractivity contribution in [3.8, 4) is 0 Å². The number of benzene rings is 1. The maximum atomic E-state index is 12.5. The number of nitrogens with one attached hydrogen (secondary N) is 2. The van der Waals surface area contributed by atoms with Crippen LogP contribution in [0.3, 0.4) is 0 Å². The van der Waals surface area contributed by atoms with Crippen molar-refractivity contribution in [2.24, 2.45) is 0 Å². The number of fused-ring (bicyclic) bond motifs is 1. The molecule has 0 spiro atoms. The molecule has 2 heterocycles. The van der Waals surface area contributed by atoms with Gasteiger partial charge in [0.2, 0.25) is 10.0 Å². The lowest BCUT2D eigenvalue weighted by atomic mass is 10.3. The van der Waals surface area contributed by atoms with Gasteiger partial charge >= 0.3 is 5.69 Å². The minimum absolute atomic E-state index is 0.0320. The van der Waals surface area contributed by atoms with E-state index < -0.39 is 25.6 Å². The van der Waals surface area contributed by atoms with Crippen molar-refractivity contribution in [1.29, 1.82) is 0 Å². The monoisotopic (exact) mass is 331 g/mol. The lowest BCUT2D eigenvalue weighted by Gasteiger charge is -2.25. The van der Waals surface area contributed by atoms with Crippen molar-refractivity contribution in [3.05, 3.63) is 28.7 Å². The van der Waals surface area contributed by atoms with Crippen molar-refractivity contribution in [1.82, 2.24) is 14.3 Å². The molecule has 0 radical (unpaired) electrons. The first-order valence-electron chi connectivity index (χ1n) is 6.21. The maximum Gasteiger partial charge on any atom is 0.323 e. The minimum Gasteiger partial charge on any atom is -0.306 e. The Morgan fingerprint density at radius 1 is 1.05 bits per heavy atom. The molecular weight excluding hydrogens is 318 g/mol. The number of hydrogen-bond donors (Lipinski definition) is 2. The number of sulfonamides is 1. The molecule has 1 aromatic carbocycles. The van der Waals surface area contributed by atoms with Gasteiger partial charge in [-0.05, 0) is 18.2 Å². The minimum atomic E-state index is -3.76. The van der Waals surface area contributed by atoms with E-state index in [4.69, 9.17) is 0 Å². The normalized spacial score (nSPS) is 19.8.